The molecule has 160 valence electrons. The van der Waals surface area contributed by atoms with Crippen molar-refractivity contribution in [2.24, 2.45) is 0 Å². The van der Waals surface area contributed by atoms with Crippen molar-refractivity contribution in [3.63, 3.8) is 0 Å². The van der Waals surface area contributed by atoms with Crippen LogP contribution in [0.4, 0.5) is 17.2 Å². The Hall–Kier alpha value is -1.67. The van der Waals surface area contributed by atoms with Crippen LogP contribution in [0.3, 0.4) is 0 Å². The highest BCUT2D eigenvalue weighted by molar-refractivity contribution is 8.00. The zero-order valence-corrected chi connectivity index (χ0v) is 19.2. The van der Waals surface area contributed by atoms with Crippen LogP contribution in [0.15, 0.2) is 30.5 Å². The predicted molar refractivity (Wildman–Crippen MR) is 125 cm³/mol. The maximum atomic E-state index is 13.0. The van der Waals surface area contributed by atoms with Crippen LogP contribution in [0, 0.1) is 0 Å². The van der Waals surface area contributed by atoms with E-state index in [9.17, 15) is 4.79 Å². The van der Waals surface area contributed by atoms with Gasteiger partial charge in [-0.15, -0.1) is 0 Å². The summed E-state index contributed by atoms with van der Waals surface area (Å²) in [6, 6.07) is 7.77. The quantitative estimate of drug-likeness (QED) is 0.631. The molecule has 30 heavy (non-hydrogen) atoms. The molecule has 0 aliphatic carbocycles. The summed E-state index contributed by atoms with van der Waals surface area (Å²) >= 11 is 14.4. The first-order valence-electron chi connectivity index (χ1n) is 9.96. The number of hydrogen-bond acceptors (Lipinski definition) is 6. The molecule has 9 heteroatoms. The highest BCUT2D eigenvalue weighted by Crippen LogP contribution is 2.32. The third kappa shape index (κ3) is 4.64. The summed E-state index contributed by atoms with van der Waals surface area (Å²) in [6.45, 7) is 6.45. The fourth-order valence-electron chi connectivity index (χ4n) is 3.87. The molecule has 2 aromatic rings. The van der Waals surface area contributed by atoms with Crippen LogP contribution in [0.25, 0.3) is 0 Å². The molecule has 2 fully saturated rings. The topological polar surface area (TPSA) is 57.7 Å². The number of rotatable bonds is 4. The van der Waals surface area contributed by atoms with E-state index in [0.717, 1.165) is 30.2 Å². The lowest BCUT2D eigenvalue weighted by Crippen LogP contribution is -2.49. The minimum Gasteiger partial charge on any atom is -0.377 e. The Bertz CT molecular complexity index is 929. The van der Waals surface area contributed by atoms with Gasteiger partial charge in [-0.2, -0.15) is 0 Å². The molecule has 2 aliphatic rings. The van der Waals surface area contributed by atoms with E-state index >= 15 is 0 Å². The summed E-state index contributed by atoms with van der Waals surface area (Å²) in [5, 5.41) is 3.82. The number of nitrogens with zero attached hydrogens (tertiary/aromatic N) is 3. The molecule has 2 atom stereocenters. The van der Waals surface area contributed by atoms with E-state index in [-0.39, 0.29) is 18.0 Å². The minimum absolute atomic E-state index is 0.214. The lowest BCUT2D eigenvalue weighted by atomic mass is 10.1. The number of ether oxygens (including phenoxy) is 1. The van der Waals surface area contributed by atoms with Crippen LogP contribution in [-0.4, -0.2) is 48.5 Å². The largest absolute Gasteiger partial charge is 0.377 e. The molecule has 2 unspecified atom stereocenters. The molecule has 0 radical (unpaired) electrons. The lowest BCUT2D eigenvalue weighted by Gasteiger charge is -2.40. The van der Waals surface area contributed by atoms with Crippen LogP contribution in [0.1, 0.15) is 30.6 Å². The fraction of sp³-hybridized carbons (Fsp3) is 0.429. The highest BCUT2D eigenvalue weighted by Gasteiger charge is 2.26. The van der Waals surface area contributed by atoms with E-state index in [4.69, 9.17) is 27.9 Å². The fourth-order valence-corrected chi connectivity index (χ4v) is 5.26. The van der Waals surface area contributed by atoms with Crippen molar-refractivity contribution in [1.82, 2.24) is 4.98 Å². The van der Waals surface area contributed by atoms with Gasteiger partial charge in [-0.05, 0) is 56.5 Å². The molecular formula is C21H24Cl2N4O2S. The van der Waals surface area contributed by atoms with Gasteiger partial charge in [0.1, 0.15) is 5.82 Å². The number of carbonyl (C=O) groups excluding carboxylic acids is 1. The number of nitrogens with one attached hydrogen (secondary N) is 1. The number of morpholine rings is 1. The summed E-state index contributed by atoms with van der Waals surface area (Å²) in [4.78, 5) is 19.6. The van der Waals surface area contributed by atoms with Crippen LogP contribution in [-0.2, 0) is 4.74 Å². The third-order valence-corrected chi connectivity index (χ3v) is 6.87. The summed E-state index contributed by atoms with van der Waals surface area (Å²) in [5.41, 5.74) is 1.97. The molecule has 1 amide bonds. The minimum atomic E-state index is -0.288. The van der Waals surface area contributed by atoms with Crippen molar-refractivity contribution in [1.29, 1.82) is 0 Å². The Kier molecular flexibility index (Phi) is 6.63. The van der Waals surface area contributed by atoms with Gasteiger partial charge in [-0.3, -0.25) is 4.79 Å². The molecule has 0 spiro atoms. The van der Waals surface area contributed by atoms with E-state index in [1.165, 1.54) is 6.20 Å². The number of amides is 1. The van der Waals surface area contributed by atoms with Gasteiger partial charge in [0, 0.05) is 47.0 Å². The van der Waals surface area contributed by atoms with E-state index in [1.54, 1.807) is 24.1 Å². The van der Waals surface area contributed by atoms with Gasteiger partial charge < -0.3 is 19.3 Å². The summed E-state index contributed by atoms with van der Waals surface area (Å²) in [7, 11) is 0. The van der Waals surface area contributed by atoms with Gasteiger partial charge in [-0.1, -0.05) is 23.2 Å². The number of carbonyl (C=O) groups is 1. The second kappa shape index (κ2) is 9.22. The SMILES string of the molecule is CC1COCC(C)N1c1cc(Cl)cc(NC(=O)c2cc(N3CCCS3)ncc2Cl)c1. The van der Waals surface area contributed by atoms with Crippen molar-refractivity contribution >= 4 is 58.2 Å². The van der Waals surface area contributed by atoms with E-state index < -0.39 is 0 Å². The second-order valence-electron chi connectivity index (χ2n) is 7.61. The van der Waals surface area contributed by atoms with Crippen LogP contribution < -0.4 is 14.5 Å². The lowest BCUT2D eigenvalue weighted by molar-refractivity contribution is 0.0757. The van der Waals surface area contributed by atoms with E-state index in [2.05, 4.69) is 33.4 Å². The smallest absolute Gasteiger partial charge is 0.257 e. The average molecular weight is 467 g/mol. The standard InChI is InChI=1S/C21H24Cl2N4O2S/c1-13-11-29-12-14(2)27(13)17-7-15(22)6-16(8-17)25-21(28)18-9-20(24-10-19(18)23)26-4-3-5-30-26/h6-10,13-14H,3-5,11-12H2,1-2H3,(H,25,28). The molecule has 2 aliphatic heterocycles. The molecule has 6 nitrogen and oxygen atoms in total. The van der Waals surface area contributed by atoms with Crippen LogP contribution in [0.5, 0.6) is 0 Å². The Morgan fingerprint density at radius 3 is 2.67 bits per heavy atom. The van der Waals surface area contributed by atoms with Gasteiger partial charge in [0.25, 0.3) is 5.91 Å². The molecular weight excluding hydrogens is 443 g/mol. The summed E-state index contributed by atoms with van der Waals surface area (Å²) in [5.74, 6) is 1.51. The number of benzene rings is 1. The molecule has 1 aromatic heterocycles. The molecule has 4 rings (SSSR count). The zero-order valence-electron chi connectivity index (χ0n) is 16.9. The first kappa shape index (κ1) is 21.6. The summed E-state index contributed by atoms with van der Waals surface area (Å²) in [6.07, 6.45) is 2.63. The maximum absolute atomic E-state index is 13.0. The molecule has 3 heterocycles. The van der Waals surface area contributed by atoms with Gasteiger partial charge in [0.2, 0.25) is 0 Å². The van der Waals surface area contributed by atoms with Crippen molar-refractivity contribution in [3.8, 4) is 0 Å². The van der Waals surface area contributed by atoms with Crippen molar-refractivity contribution in [3.05, 3.63) is 46.1 Å². The number of halogens is 2. The Balaban J connectivity index is 1.58. The van der Waals surface area contributed by atoms with E-state index in [0.29, 0.717) is 34.5 Å². The monoisotopic (exact) mass is 466 g/mol. The van der Waals surface area contributed by atoms with Gasteiger partial charge in [0.15, 0.2) is 0 Å². The number of anilines is 3. The average Bonchev–Trinajstić information content (AvgIpc) is 3.22. The Labute approximate surface area is 191 Å². The second-order valence-corrected chi connectivity index (χ2v) is 9.56. The summed E-state index contributed by atoms with van der Waals surface area (Å²) < 4.78 is 7.71. The highest BCUT2D eigenvalue weighted by atomic mass is 35.5. The molecule has 1 N–H and O–H groups in total. The molecule has 0 bridgehead atoms. The number of hydrogen-bond donors (Lipinski definition) is 1. The van der Waals surface area contributed by atoms with Crippen LogP contribution >= 0.6 is 35.1 Å². The number of pyridine rings is 1. The van der Waals surface area contributed by atoms with Crippen molar-refractivity contribution in [2.45, 2.75) is 32.4 Å². The molecule has 2 saturated heterocycles. The van der Waals surface area contributed by atoms with Gasteiger partial charge in [0.05, 0.1) is 23.8 Å². The Morgan fingerprint density at radius 2 is 1.97 bits per heavy atom. The molecule has 1 aromatic carbocycles. The Morgan fingerprint density at radius 1 is 1.20 bits per heavy atom. The first-order valence-corrected chi connectivity index (χ1v) is 11.7. The number of aromatic nitrogens is 1. The normalized spacial score (nSPS) is 21.7. The van der Waals surface area contributed by atoms with Crippen molar-refractivity contribution < 1.29 is 9.53 Å². The van der Waals surface area contributed by atoms with Gasteiger partial charge >= 0.3 is 0 Å². The predicted octanol–water partition coefficient (Wildman–Crippen LogP) is 5.11. The van der Waals surface area contributed by atoms with E-state index in [1.807, 2.05) is 12.1 Å². The first-order chi connectivity index (χ1) is 14.4. The third-order valence-electron chi connectivity index (χ3n) is 5.20. The zero-order chi connectivity index (χ0) is 21.3. The molecule has 0 saturated carbocycles. The van der Waals surface area contributed by atoms with Gasteiger partial charge in [-0.25, -0.2) is 4.98 Å². The van der Waals surface area contributed by atoms with Crippen LogP contribution in [0.2, 0.25) is 10.0 Å². The van der Waals surface area contributed by atoms with Crippen molar-refractivity contribution in [2.75, 3.05) is 40.0 Å². The maximum Gasteiger partial charge on any atom is 0.257 e.